The van der Waals surface area contributed by atoms with Gasteiger partial charge in [0.1, 0.15) is 11.5 Å². The minimum atomic E-state index is -0.151. The third kappa shape index (κ3) is 4.66. The molecule has 7 nitrogen and oxygen atoms in total. The van der Waals surface area contributed by atoms with Gasteiger partial charge in [0.05, 0.1) is 7.11 Å². The van der Waals surface area contributed by atoms with Crippen LogP contribution in [0.3, 0.4) is 0 Å². The lowest BCUT2D eigenvalue weighted by molar-refractivity contribution is -0.173. The van der Waals surface area contributed by atoms with Crippen LogP contribution in [0.5, 0.6) is 11.5 Å². The van der Waals surface area contributed by atoms with Gasteiger partial charge >= 0.3 is 0 Å². The SMILES string of the molecule is COCOc1cc(C)c(OCOC)c([C@H]2CCC[C@H]2C(=O)N(C)OC)c1. The van der Waals surface area contributed by atoms with Crippen molar-refractivity contribution in [3.8, 4) is 11.5 Å². The fourth-order valence-electron chi connectivity index (χ4n) is 3.52. The van der Waals surface area contributed by atoms with E-state index in [1.807, 2.05) is 19.1 Å². The molecular weight excluding hydrogens is 338 g/mol. The van der Waals surface area contributed by atoms with Crippen LogP contribution in [-0.2, 0) is 19.1 Å². The Labute approximate surface area is 155 Å². The summed E-state index contributed by atoms with van der Waals surface area (Å²) in [7, 11) is 6.30. The van der Waals surface area contributed by atoms with Crippen LogP contribution in [0, 0.1) is 12.8 Å². The average molecular weight is 367 g/mol. The maximum Gasteiger partial charge on any atom is 0.249 e. The van der Waals surface area contributed by atoms with Gasteiger partial charge in [0.25, 0.3) is 0 Å². The van der Waals surface area contributed by atoms with Crippen molar-refractivity contribution in [1.82, 2.24) is 5.06 Å². The minimum Gasteiger partial charge on any atom is -0.468 e. The Hall–Kier alpha value is -1.83. The van der Waals surface area contributed by atoms with E-state index in [1.165, 1.54) is 12.2 Å². The standard InChI is InChI=1S/C19H29NO6/c1-13-9-14(25-11-22-3)10-17(18(13)26-12-23-4)15-7-6-8-16(15)19(21)20(2)24-5/h9-10,15-16H,6-8,11-12H2,1-5H3/t15-,16+/m0/s1. The normalized spacial score (nSPS) is 19.4. The van der Waals surface area contributed by atoms with Crippen LogP contribution in [0.1, 0.15) is 36.3 Å². The molecule has 1 aromatic carbocycles. The largest absolute Gasteiger partial charge is 0.468 e. The smallest absolute Gasteiger partial charge is 0.249 e. The Morgan fingerprint density at radius 1 is 1.12 bits per heavy atom. The molecule has 1 aliphatic rings. The Kier molecular flexibility index (Phi) is 7.68. The molecule has 1 amide bonds. The molecule has 0 spiro atoms. The van der Waals surface area contributed by atoms with Gasteiger partial charge in [-0.2, -0.15) is 0 Å². The number of carbonyl (C=O) groups is 1. The second-order valence-electron chi connectivity index (χ2n) is 6.42. The molecule has 0 aliphatic heterocycles. The molecule has 0 bridgehead atoms. The summed E-state index contributed by atoms with van der Waals surface area (Å²) in [5.41, 5.74) is 1.90. The number of aryl methyl sites for hydroxylation is 1. The molecule has 0 N–H and O–H groups in total. The molecule has 2 rings (SSSR count). The zero-order valence-electron chi connectivity index (χ0n) is 16.2. The summed E-state index contributed by atoms with van der Waals surface area (Å²) in [6.07, 6.45) is 2.71. The van der Waals surface area contributed by atoms with Crippen molar-refractivity contribution in [2.75, 3.05) is 42.0 Å². The number of nitrogens with zero attached hydrogens (tertiary/aromatic N) is 1. The highest BCUT2D eigenvalue weighted by Crippen LogP contribution is 2.46. The van der Waals surface area contributed by atoms with Crippen LogP contribution >= 0.6 is 0 Å². The van der Waals surface area contributed by atoms with E-state index in [-0.39, 0.29) is 31.3 Å². The van der Waals surface area contributed by atoms with Gasteiger partial charge in [-0.3, -0.25) is 9.63 Å². The van der Waals surface area contributed by atoms with Crippen LogP contribution in [-0.4, -0.2) is 52.9 Å². The van der Waals surface area contributed by atoms with Crippen LogP contribution in [0.15, 0.2) is 12.1 Å². The summed E-state index contributed by atoms with van der Waals surface area (Å²) < 4.78 is 21.5. The first-order chi connectivity index (χ1) is 12.5. The molecule has 0 aromatic heterocycles. The fourth-order valence-corrected chi connectivity index (χ4v) is 3.52. The van der Waals surface area contributed by atoms with Gasteiger partial charge in [-0.05, 0) is 43.4 Å². The van der Waals surface area contributed by atoms with Crippen LogP contribution < -0.4 is 9.47 Å². The summed E-state index contributed by atoms with van der Waals surface area (Å²) in [6.45, 7) is 2.27. The predicted molar refractivity (Wildman–Crippen MR) is 96.0 cm³/mol. The Bertz CT molecular complexity index is 606. The van der Waals surface area contributed by atoms with Crippen molar-refractivity contribution in [3.63, 3.8) is 0 Å². The summed E-state index contributed by atoms with van der Waals surface area (Å²) >= 11 is 0. The number of hydrogen-bond acceptors (Lipinski definition) is 6. The van der Waals surface area contributed by atoms with Gasteiger partial charge in [-0.1, -0.05) is 6.42 Å². The quantitative estimate of drug-likeness (QED) is 0.494. The minimum absolute atomic E-state index is 0.0199. The van der Waals surface area contributed by atoms with Crippen molar-refractivity contribution >= 4 is 5.91 Å². The summed E-state index contributed by atoms with van der Waals surface area (Å²) in [4.78, 5) is 17.8. The maximum absolute atomic E-state index is 12.7. The van der Waals surface area contributed by atoms with Crippen molar-refractivity contribution in [2.24, 2.45) is 5.92 Å². The van der Waals surface area contributed by atoms with E-state index < -0.39 is 0 Å². The van der Waals surface area contributed by atoms with E-state index in [1.54, 1.807) is 21.3 Å². The Morgan fingerprint density at radius 3 is 2.46 bits per heavy atom. The number of ether oxygens (including phenoxy) is 4. The number of hydrogen-bond donors (Lipinski definition) is 0. The molecule has 1 aromatic rings. The molecule has 0 radical (unpaired) electrons. The number of benzene rings is 1. The first kappa shape index (κ1) is 20.5. The van der Waals surface area contributed by atoms with E-state index in [2.05, 4.69) is 0 Å². The molecule has 2 atom stereocenters. The zero-order valence-corrected chi connectivity index (χ0v) is 16.2. The first-order valence-corrected chi connectivity index (χ1v) is 8.73. The second kappa shape index (κ2) is 9.75. The topological polar surface area (TPSA) is 66.5 Å². The van der Waals surface area contributed by atoms with E-state index in [4.69, 9.17) is 23.8 Å². The number of amides is 1. The maximum atomic E-state index is 12.7. The van der Waals surface area contributed by atoms with Gasteiger partial charge < -0.3 is 18.9 Å². The lowest BCUT2D eigenvalue weighted by atomic mass is 9.86. The van der Waals surface area contributed by atoms with Gasteiger partial charge in [-0.15, -0.1) is 0 Å². The molecule has 7 heteroatoms. The summed E-state index contributed by atoms with van der Waals surface area (Å²) in [5, 5.41) is 1.30. The number of hydroxylamine groups is 2. The van der Waals surface area contributed by atoms with E-state index >= 15 is 0 Å². The molecule has 0 unspecified atom stereocenters. The number of rotatable bonds is 9. The van der Waals surface area contributed by atoms with E-state index in [0.29, 0.717) is 5.75 Å². The first-order valence-electron chi connectivity index (χ1n) is 8.73. The van der Waals surface area contributed by atoms with Crippen molar-refractivity contribution < 1.29 is 28.6 Å². The van der Waals surface area contributed by atoms with Crippen LogP contribution in [0.2, 0.25) is 0 Å². The molecule has 0 heterocycles. The second-order valence-corrected chi connectivity index (χ2v) is 6.42. The van der Waals surface area contributed by atoms with Crippen LogP contribution in [0.25, 0.3) is 0 Å². The lowest BCUT2D eigenvalue weighted by Gasteiger charge is -2.26. The third-order valence-corrected chi connectivity index (χ3v) is 4.76. The Morgan fingerprint density at radius 2 is 1.81 bits per heavy atom. The van der Waals surface area contributed by atoms with Crippen molar-refractivity contribution in [2.45, 2.75) is 32.1 Å². The Balaban J connectivity index is 2.39. The number of methoxy groups -OCH3 is 2. The van der Waals surface area contributed by atoms with E-state index in [9.17, 15) is 4.79 Å². The molecule has 1 aliphatic carbocycles. The van der Waals surface area contributed by atoms with Gasteiger partial charge in [0.2, 0.25) is 5.91 Å². The molecule has 1 fully saturated rings. The fraction of sp³-hybridized carbons (Fsp3) is 0.632. The predicted octanol–water partition coefficient (Wildman–Crippen LogP) is 2.86. The average Bonchev–Trinajstić information content (AvgIpc) is 3.13. The molecule has 1 saturated carbocycles. The summed E-state index contributed by atoms with van der Waals surface area (Å²) in [5.74, 6) is 1.32. The number of carbonyl (C=O) groups excluding carboxylic acids is 1. The van der Waals surface area contributed by atoms with Crippen molar-refractivity contribution in [3.05, 3.63) is 23.3 Å². The van der Waals surface area contributed by atoms with Gasteiger partial charge in [-0.25, -0.2) is 5.06 Å². The highest BCUT2D eigenvalue weighted by molar-refractivity contribution is 5.79. The van der Waals surface area contributed by atoms with Gasteiger partial charge in [0, 0.05) is 32.7 Å². The van der Waals surface area contributed by atoms with Gasteiger partial charge in [0.15, 0.2) is 13.6 Å². The highest BCUT2D eigenvalue weighted by atomic mass is 16.7. The third-order valence-electron chi connectivity index (χ3n) is 4.76. The highest BCUT2D eigenvalue weighted by Gasteiger charge is 2.38. The van der Waals surface area contributed by atoms with Crippen molar-refractivity contribution in [1.29, 1.82) is 0 Å². The lowest BCUT2D eigenvalue weighted by Crippen LogP contribution is -2.33. The molecule has 0 saturated heterocycles. The van der Waals surface area contributed by atoms with E-state index in [0.717, 1.165) is 36.1 Å². The molecule has 146 valence electrons. The molecule has 26 heavy (non-hydrogen) atoms. The molecular formula is C19H29NO6. The summed E-state index contributed by atoms with van der Waals surface area (Å²) in [6, 6.07) is 3.85. The van der Waals surface area contributed by atoms with Crippen LogP contribution in [0.4, 0.5) is 0 Å². The zero-order chi connectivity index (χ0) is 19.1. The monoisotopic (exact) mass is 367 g/mol.